The lowest BCUT2D eigenvalue weighted by molar-refractivity contribution is 0.634. The summed E-state index contributed by atoms with van der Waals surface area (Å²) in [5.74, 6) is 0. The van der Waals surface area contributed by atoms with Crippen LogP contribution in [0.4, 0.5) is 0 Å². The fraction of sp³-hybridized carbons (Fsp3) is 0.857. The Morgan fingerprint density at radius 2 is 1.73 bits per heavy atom. The lowest BCUT2D eigenvalue weighted by atomic mass is 10.1. The third-order valence-corrected chi connectivity index (χ3v) is 10.5. The predicted octanol–water partition coefficient (Wildman–Crippen LogP) is 5.63. The van der Waals surface area contributed by atoms with Crippen LogP contribution < -0.4 is 0 Å². The molecule has 0 heterocycles. The molecule has 0 saturated carbocycles. The van der Waals surface area contributed by atoms with Gasteiger partial charge in [0.15, 0.2) is 0 Å². The van der Waals surface area contributed by atoms with Crippen molar-refractivity contribution < 1.29 is 0 Å². The molecule has 1 unspecified atom stereocenters. The molecule has 0 amide bonds. The third kappa shape index (κ3) is 4.14. The van der Waals surface area contributed by atoms with E-state index in [2.05, 4.69) is 53.4 Å². The Bertz CT molecular complexity index is 186. The number of hydrogen-bond acceptors (Lipinski definition) is 0. The molecule has 0 N–H and O–H groups in total. The maximum atomic E-state index is 4.05. The fourth-order valence-corrected chi connectivity index (χ4v) is 4.57. The quantitative estimate of drug-likeness (QED) is 0.313. The van der Waals surface area contributed by atoms with E-state index in [1.54, 1.807) is 0 Å². The van der Waals surface area contributed by atoms with Crippen molar-refractivity contribution in [3.05, 3.63) is 12.7 Å². The van der Waals surface area contributed by atoms with Crippen molar-refractivity contribution in [2.75, 3.05) is 0 Å². The van der Waals surface area contributed by atoms with Gasteiger partial charge in [0.25, 0.3) is 0 Å². The molecule has 0 spiro atoms. The van der Waals surface area contributed by atoms with Crippen LogP contribution >= 0.6 is 0 Å². The van der Waals surface area contributed by atoms with Gasteiger partial charge in [0, 0.05) is 0 Å². The van der Waals surface area contributed by atoms with Gasteiger partial charge in [-0.25, -0.2) is 0 Å². The van der Waals surface area contributed by atoms with Crippen molar-refractivity contribution in [3.63, 3.8) is 0 Å². The lowest BCUT2D eigenvalue weighted by Crippen LogP contribution is -2.41. The van der Waals surface area contributed by atoms with Gasteiger partial charge in [-0.2, -0.15) is 0 Å². The standard InChI is InChI=1S/C14H30Si/c1-8-10-11-12-13(9-2)15(6,7)14(3,4)5/h9,13H,2,8,10-12H2,1,3-7H3. The van der Waals surface area contributed by atoms with E-state index in [1.807, 2.05) is 0 Å². The van der Waals surface area contributed by atoms with Crippen molar-refractivity contribution in [1.29, 1.82) is 0 Å². The van der Waals surface area contributed by atoms with E-state index in [4.69, 9.17) is 0 Å². The van der Waals surface area contributed by atoms with E-state index in [-0.39, 0.29) is 0 Å². The first kappa shape index (κ1) is 15.0. The molecule has 0 aromatic heterocycles. The summed E-state index contributed by atoms with van der Waals surface area (Å²) < 4.78 is 0. The summed E-state index contributed by atoms with van der Waals surface area (Å²) in [5, 5.41) is 0.484. The second-order valence-corrected chi connectivity index (χ2v) is 12.0. The van der Waals surface area contributed by atoms with Crippen molar-refractivity contribution in [2.24, 2.45) is 0 Å². The van der Waals surface area contributed by atoms with Crippen LogP contribution in [0.15, 0.2) is 12.7 Å². The third-order valence-electron chi connectivity index (χ3n) is 4.26. The summed E-state index contributed by atoms with van der Waals surface area (Å²) in [5.41, 5.74) is 0.782. The fourth-order valence-electron chi connectivity index (χ4n) is 1.94. The second kappa shape index (κ2) is 5.88. The highest BCUT2D eigenvalue weighted by atomic mass is 28.3. The first-order valence-electron chi connectivity index (χ1n) is 6.40. The Labute approximate surface area is 98.2 Å². The molecule has 0 radical (unpaired) electrons. The van der Waals surface area contributed by atoms with Crippen LogP contribution in [0.1, 0.15) is 53.4 Å². The van der Waals surface area contributed by atoms with E-state index in [1.165, 1.54) is 25.7 Å². The topological polar surface area (TPSA) is 0 Å². The van der Waals surface area contributed by atoms with Gasteiger partial charge >= 0.3 is 0 Å². The summed E-state index contributed by atoms with van der Waals surface area (Å²) in [6.45, 7) is 18.6. The van der Waals surface area contributed by atoms with Crippen molar-refractivity contribution in [2.45, 2.75) is 77.1 Å². The highest BCUT2D eigenvalue weighted by molar-refractivity contribution is 6.81. The average molecular weight is 226 g/mol. The first-order chi connectivity index (χ1) is 6.77. The predicted molar refractivity (Wildman–Crippen MR) is 75.3 cm³/mol. The molecule has 15 heavy (non-hydrogen) atoms. The summed E-state index contributed by atoms with van der Waals surface area (Å²) in [6, 6.07) is 0. The van der Waals surface area contributed by atoms with Crippen LogP contribution in [0, 0.1) is 0 Å². The van der Waals surface area contributed by atoms with Crippen LogP contribution in [0.2, 0.25) is 23.7 Å². The summed E-state index contributed by atoms with van der Waals surface area (Å²) in [4.78, 5) is 0. The Balaban J connectivity index is 4.45. The summed E-state index contributed by atoms with van der Waals surface area (Å²) in [6.07, 6.45) is 7.65. The number of rotatable bonds is 6. The molecular weight excluding hydrogens is 196 g/mol. The Morgan fingerprint density at radius 3 is 2.07 bits per heavy atom. The smallest absolute Gasteiger partial charge is 0.0596 e. The van der Waals surface area contributed by atoms with Crippen molar-refractivity contribution in [3.8, 4) is 0 Å². The number of allylic oxidation sites excluding steroid dienone is 1. The van der Waals surface area contributed by atoms with Gasteiger partial charge in [-0.1, -0.05) is 66.1 Å². The monoisotopic (exact) mass is 226 g/mol. The first-order valence-corrected chi connectivity index (χ1v) is 9.47. The molecule has 0 saturated heterocycles. The number of unbranched alkanes of at least 4 members (excludes halogenated alkanes) is 2. The second-order valence-electron chi connectivity index (χ2n) is 6.31. The largest absolute Gasteiger partial charge is 0.103 e. The highest BCUT2D eigenvalue weighted by Crippen LogP contribution is 2.45. The van der Waals surface area contributed by atoms with Crippen LogP contribution in [0.5, 0.6) is 0 Å². The molecule has 0 nitrogen and oxygen atoms in total. The highest BCUT2D eigenvalue weighted by Gasteiger charge is 2.39. The molecule has 1 atom stereocenters. The minimum absolute atomic E-state index is 0.484. The molecule has 0 bridgehead atoms. The Kier molecular flexibility index (Phi) is 5.87. The van der Waals surface area contributed by atoms with Gasteiger partial charge in [-0.3, -0.25) is 0 Å². The number of hydrogen-bond donors (Lipinski definition) is 0. The molecule has 0 aromatic carbocycles. The van der Waals surface area contributed by atoms with E-state index >= 15 is 0 Å². The zero-order chi connectivity index (χ0) is 12.1. The molecule has 0 rings (SSSR count). The Morgan fingerprint density at radius 1 is 1.20 bits per heavy atom. The van der Waals surface area contributed by atoms with Crippen molar-refractivity contribution in [1.82, 2.24) is 0 Å². The van der Waals surface area contributed by atoms with E-state index in [0.29, 0.717) is 5.04 Å². The molecule has 0 aliphatic rings. The normalized spacial score (nSPS) is 15.1. The SMILES string of the molecule is C=CC(CCCCC)[Si](C)(C)C(C)(C)C. The Hall–Kier alpha value is -0.0431. The van der Waals surface area contributed by atoms with Gasteiger partial charge < -0.3 is 0 Å². The van der Waals surface area contributed by atoms with Crippen LogP contribution in [0.3, 0.4) is 0 Å². The average Bonchev–Trinajstić information content (AvgIpc) is 2.10. The van der Waals surface area contributed by atoms with E-state index in [0.717, 1.165) is 5.54 Å². The summed E-state index contributed by atoms with van der Waals surface area (Å²) in [7, 11) is -1.20. The van der Waals surface area contributed by atoms with Gasteiger partial charge in [-0.05, 0) is 17.0 Å². The molecule has 90 valence electrons. The minimum atomic E-state index is -1.20. The van der Waals surface area contributed by atoms with Crippen molar-refractivity contribution >= 4 is 8.07 Å². The molecule has 0 aliphatic heterocycles. The van der Waals surface area contributed by atoms with Crippen LogP contribution in [-0.4, -0.2) is 8.07 Å². The van der Waals surface area contributed by atoms with E-state index in [9.17, 15) is 0 Å². The zero-order valence-electron chi connectivity index (χ0n) is 11.7. The zero-order valence-corrected chi connectivity index (χ0v) is 12.7. The van der Waals surface area contributed by atoms with Gasteiger partial charge in [0.05, 0.1) is 8.07 Å². The molecule has 0 fully saturated rings. The molecule has 1 heteroatoms. The molecule has 0 aromatic rings. The summed E-state index contributed by atoms with van der Waals surface area (Å²) >= 11 is 0. The lowest BCUT2D eigenvalue weighted by Gasteiger charge is -2.42. The maximum absolute atomic E-state index is 4.05. The van der Waals surface area contributed by atoms with E-state index < -0.39 is 8.07 Å². The van der Waals surface area contributed by atoms with Gasteiger partial charge in [0.2, 0.25) is 0 Å². The maximum Gasteiger partial charge on any atom is 0.0596 e. The molecular formula is C14H30Si. The molecule has 0 aliphatic carbocycles. The van der Waals surface area contributed by atoms with Gasteiger partial charge in [-0.15, -0.1) is 6.58 Å². The minimum Gasteiger partial charge on any atom is -0.103 e. The van der Waals surface area contributed by atoms with Gasteiger partial charge in [0.1, 0.15) is 0 Å². The van der Waals surface area contributed by atoms with Crippen LogP contribution in [-0.2, 0) is 0 Å². The van der Waals surface area contributed by atoms with Crippen LogP contribution in [0.25, 0.3) is 0 Å².